The number of rotatable bonds is 9. The van der Waals surface area contributed by atoms with Gasteiger partial charge in [-0.3, -0.25) is 4.79 Å². The number of carbonyl (C=O) groups is 1. The molecule has 18 heavy (non-hydrogen) atoms. The molecular formula is C14H30N2O2. The molecule has 0 aromatic rings. The van der Waals surface area contributed by atoms with Crippen LogP contribution < -0.4 is 5.73 Å². The molecule has 0 saturated heterocycles. The highest BCUT2D eigenvalue weighted by Crippen LogP contribution is 2.16. The van der Waals surface area contributed by atoms with Gasteiger partial charge in [-0.2, -0.15) is 0 Å². The quantitative estimate of drug-likeness (QED) is 0.642. The summed E-state index contributed by atoms with van der Waals surface area (Å²) in [6.45, 7) is 14.0. The van der Waals surface area contributed by atoms with Crippen molar-refractivity contribution in [2.75, 3.05) is 32.8 Å². The largest absolute Gasteiger partial charge is 0.466 e. The van der Waals surface area contributed by atoms with Gasteiger partial charge in [-0.25, -0.2) is 0 Å². The highest BCUT2D eigenvalue weighted by molar-refractivity contribution is 5.72. The summed E-state index contributed by atoms with van der Waals surface area (Å²) in [5.41, 5.74) is 5.86. The molecule has 4 nitrogen and oxygen atoms in total. The first kappa shape index (κ1) is 17.4. The Bertz CT molecular complexity index is 242. The summed E-state index contributed by atoms with van der Waals surface area (Å²) in [5, 5.41) is 0. The Kier molecular flexibility index (Phi) is 8.20. The third kappa shape index (κ3) is 6.97. The number of hydrogen-bond acceptors (Lipinski definition) is 4. The molecule has 2 N–H and O–H groups in total. The number of carbonyl (C=O) groups excluding carboxylic acids is 1. The molecule has 4 heteroatoms. The first-order valence-electron chi connectivity index (χ1n) is 6.95. The van der Waals surface area contributed by atoms with Gasteiger partial charge in [-0.15, -0.1) is 0 Å². The molecule has 0 aromatic carbocycles. The van der Waals surface area contributed by atoms with Crippen LogP contribution in [0.5, 0.6) is 0 Å². The van der Waals surface area contributed by atoms with Crippen molar-refractivity contribution >= 4 is 5.97 Å². The number of hydrogen-bond donors (Lipinski definition) is 1. The predicted molar refractivity (Wildman–Crippen MR) is 75.4 cm³/mol. The van der Waals surface area contributed by atoms with Crippen molar-refractivity contribution in [1.29, 1.82) is 0 Å². The Morgan fingerprint density at radius 2 is 2.00 bits per heavy atom. The van der Waals surface area contributed by atoms with E-state index >= 15 is 0 Å². The van der Waals surface area contributed by atoms with E-state index in [1.807, 2.05) is 13.8 Å². The topological polar surface area (TPSA) is 55.6 Å². The second kappa shape index (κ2) is 8.48. The third-order valence-electron chi connectivity index (χ3n) is 2.97. The molecule has 0 rings (SSSR count). The van der Waals surface area contributed by atoms with E-state index in [2.05, 4.69) is 25.7 Å². The summed E-state index contributed by atoms with van der Waals surface area (Å²) >= 11 is 0. The molecule has 0 radical (unpaired) electrons. The van der Waals surface area contributed by atoms with Crippen LogP contribution in [0.25, 0.3) is 0 Å². The van der Waals surface area contributed by atoms with Crippen LogP contribution >= 0.6 is 0 Å². The van der Waals surface area contributed by atoms with Crippen LogP contribution in [0.1, 0.15) is 41.0 Å². The maximum absolute atomic E-state index is 11.6. The molecular weight excluding hydrogens is 228 g/mol. The zero-order chi connectivity index (χ0) is 14.2. The molecule has 0 saturated carbocycles. The minimum atomic E-state index is -0.107. The average molecular weight is 258 g/mol. The van der Waals surface area contributed by atoms with Crippen molar-refractivity contribution in [3.8, 4) is 0 Å². The van der Waals surface area contributed by atoms with E-state index < -0.39 is 0 Å². The van der Waals surface area contributed by atoms with Crippen LogP contribution in [0.3, 0.4) is 0 Å². The summed E-state index contributed by atoms with van der Waals surface area (Å²) in [6.07, 6.45) is 1.08. The number of nitrogens with two attached hydrogens (primary N) is 1. The minimum absolute atomic E-state index is 0.0786. The lowest BCUT2D eigenvalue weighted by atomic mass is 9.92. The smallest absolute Gasteiger partial charge is 0.309 e. The van der Waals surface area contributed by atoms with Crippen LogP contribution in [-0.2, 0) is 9.53 Å². The van der Waals surface area contributed by atoms with Crippen LogP contribution in [0, 0.1) is 11.3 Å². The molecule has 0 spiro atoms. The van der Waals surface area contributed by atoms with Gasteiger partial charge in [0.2, 0.25) is 0 Å². The Morgan fingerprint density at radius 1 is 1.39 bits per heavy atom. The fraction of sp³-hybridized carbons (Fsp3) is 0.929. The Morgan fingerprint density at radius 3 is 2.44 bits per heavy atom. The van der Waals surface area contributed by atoms with E-state index in [9.17, 15) is 4.79 Å². The highest BCUT2D eigenvalue weighted by atomic mass is 16.5. The molecule has 0 bridgehead atoms. The lowest BCUT2D eigenvalue weighted by Gasteiger charge is -2.32. The van der Waals surface area contributed by atoms with Crippen molar-refractivity contribution in [3.63, 3.8) is 0 Å². The lowest BCUT2D eigenvalue weighted by Crippen LogP contribution is -2.42. The highest BCUT2D eigenvalue weighted by Gasteiger charge is 2.23. The Labute approximate surface area is 112 Å². The summed E-state index contributed by atoms with van der Waals surface area (Å²) in [5.74, 6) is -0.186. The van der Waals surface area contributed by atoms with Gasteiger partial charge in [0.15, 0.2) is 0 Å². The van der Waals surface area contributed by atoms with Crippen LogP contribution in [0.15, 0.2) is 0 Å². The fourth-order valence-corrected chi connectivity index (χ4v) is 1.97. The first-order valence-corrected chi connectivity index (χ1v) is 6.95. The molecule has 0 aliphatic heterocycles. The van der Waals surface area contributed by atoms with Gasteiger partial charge in [0, 0.05) is 13.1 Å². The molecule has 0 amide bonds. The van der Waals surface area contributed by atoms with Gasteiger partial charge >= 0.3 is 5.97 Å². The van der Waals surface area contributed by atoms with E-state index in [-0.39, 0.29) is 17.3 Å². The second-order valence-electron chi connectivity index (χ2n) is 5.76. The maximum Gasteiger partial charge on any atom is 0.309 e. The van der Waals surface area contributed by atoms with E-state index in [1.165, 1.54) is 0 Å². The SMILES string of the molecule is CCCN(CC(C)C(=O)OCC)CC(C)(C)CN. The third-order valence-corrected chi connectivity index (χ3v) is 2.97. The van der Waals surface area contributed by atoms with E-state index in [0.717, 1.165) is 26.1 Å². The van der Waals surface area contributed by atoms with Crippen LogP contribution in [0.2, 0.25) is 0 Å². The van der Waals surface area contributed by atoms with Gasteiger partial charge in [-0.05, 0) is 31.8 Å². The molecule has 0 aliphatic carbocycles. The standard InChI is InChI=1S/C14H30N2O2/c1-6-8-16(11-14(4,5)10-15)9-12(3)13(17)18-7-2/h12H,6-11,15H2,1-5H3. The molecule has 1 unspecified atom stereocenters. The fourth-order valence-electron chi connectivity index (χ4n) is 1.97. The Hall–Kier alpha value is -0.610. The van der Waals surface area contributed by atoms with Gasteiger partial charge in [0.1, 0.15) is 0 Å². The monoisotopic (exact) mass is 258 g/mol. The normalized spacial score (nSPS) is 13.7. The summed E-state index contributed by atoms with van der Waals surface area (Å²) in [4.78, 5) is 14.0. The van der Waals surface area contributed by atoms with Gasteiger partial charge in [-0.1, -0.05) is 27.7 Å². The van der Waals surface area contributed by atoms with E-state index in [4.69, 9.17) is 10.5 Å². The lowest BCUT2D eigenvalue weighted by molar-refractivity contribution is -0.148. The molecule has 0 aliphatic rings. The zero-order valence-electron chi connectivity index (χ0n) is 12.7. The van der Waals surface area contributed by atoms with Gasteiger partial charge < -0.3 is 15.4 Å². The van der Waals surface area contributed by atoms with Crippen LogP contribution in [0.4, 0.5) is 0 Å². The summed E-state index contributed by atoms with van der Waals surface area (Å²) in [7, 11) is 0. The number of ether oxygens (including phenoxy) is 1. The second-order valence-corrected chi connectivity index (χ2v) is 5.76. The van der Waals surface area contributed by atoms with E-state index in [0.29, 0.717) is 13.2 Å². The molecule has 0 aromatic heterocycles. The molecule has 0 fully saturated rings. The van der Waals surface area contributed by atoms with Crippen molar-refractivity contribution in [3.05, 3.63) is 0 Å². The zero-order valence-corrected chi connectivity index (χ0v) is 12.7. The number of nitrogens with zero attached hydrogens (tertiary/aromatic N) is 1. The Balaban J connectivity index is 4.38. The van der Waals surface area contributed by atoms with Crippen molar-refractivity contribution in [2.24, 2.45) is 17.1 Å². The predicted octanol–water partition coefficient (Wildman–Crippen LogP) is 1.88. The van der Waals surface area contributed by atoms with Crippen molar-refractivity contribution in [2.45, 2.75) is 41.0 Å². The minimum Gasteiger partial charge on any atom is -0.466 e. The van der Waals surface area contributed by atoms with Crippen LogP contribution in [-0.4, -0.2) is 43.7 Å². The maximum atomic E-state index is 11.6. The molecule has 1 atom stereocenters. The van der Waals surface area contributed by atoms with Gasteiger partial charge in [0.05, 0.1) is 12.5 Å². The molecule has 0 heterocycles. The van der Waals surface area contributed by atoms with Crippen molar-refractivity contribution < 1.29 is 9.53 Å². The van der Waals surface area contributed by atoms with E-state index in [1.54, 1.807) is 0 Å². The average Bonchev–Trinajstić information content (AvgIpc) is 2.29. The van der Waals surface area contributed by atoms with Gasteiger partial charge in [0.25, 0.3) is 0 Å². The summed E-state index contributed by atoms with van der Waals surface area (Å²) < 4.78 is 5.05. The first-order chi connectivity index (χ1) is 8.36. The molecule has 108 valence electrons. The van der Waals surface area contributed by atoms with Crippen molar-refractivity contribution in [1.82, 2.24) is 4.90 Å². The number of esters is 1. The summed E-state index contributed by atoms with van der Waals surface area (Å²) in [6, 6.07) is 0.